The molecule has 0 bridgehead atoms. The Bertz CT molecular complexity index is 398. The van der Waals surface area contributed by atoms with Gasteiger partial charge in [0.1, 0.15) is 23.7 Å². The van der Waals surface area contributed by atoms with Crippen LogP contribution in [0.25, 0.3) is 0 Å². The minimum atomic E-state index is -0.188. The summed E-state index contributed by atoms with van der Waals surface area (Å²) in [5, 5.41) is 2.94. The monoisotopic (exact) mass is 236 g/mol. The van der Waals surface area contributed by atoms with Crippen LogP contribution in [0.4, 0.5) is 0 Å². The number of carbonyl (C=O) groups excluding carboxylic acids is 2. The summed E-state index contributed by atoms with van der Waals surface area (Å²) in [4.78, 5) is 26.5. The number of Topliss-reactive ketones (excluding diaryl/α,β-unsaturated/α-hetero) is 2. The average molecular weight is 236 g/mol. The van der Waals surface area contributed by atoms with Crippen LogP contribution < -0.4 is 10.1 Å². The van der Waals surface area contributed by atoms with E-state index in [1.54, 1.807) is 12.1 Å². The number of ketones is 2. The fourth-order valence-electron chi connectivity index (χ4n) is 1.22. The van der Waals surface area contributed by atoms with Gasteiger partial charge in [-0.25, -0.2) is 4.98 Å². The maximum atomic E-state index is 11.3. The Morgan fingerprint density at radius 1 is 1.24 bits per heavy atom. The fraction of sp³-hybridized carbons (Fsp3) is 0.417. The smallest absolute Gasteiger partial charge is 0.178 e. The summed E-state index contributed by atoms with van der Waals surface area (Å²) in [6.07, 6.45) is 0. The Kier molecular flexibility index (Phi) is 4.78. The second kappa shape index (κ2) is 6.10. The molecule has 0 amide bonds. The largest absolute Gasteiger partial charge is 0.492 e. The number of pyridine rings is 1. The number of rotatable bonds is 6. The number of nitrogens with zero attached hydrogens (tertiary/aromatic N) is 1. The molecule has 0 saturated heterocycles. The van der Waals surface area contributed by atoms with Crippen LogP contribution in [0.3, 0.4) is 0 Å². The first-order valence-corrected chi connectivity index (χ1v) is 5.36. The van der Waals surface area contributed by atoms with Gasteiger partial charge in [0.05, 0.1) is 0 Å². The Morgan fingerprint density at radius 3 is 2.18 bits per heavy atom. The minimum Gasteiger partial charge on any atom is -0.492 e. The average Bonchev–Trinajstić information content (AvgIpc) is 2.29. The number of nitrogens with one attached hydrogen (secondary N) is 1. The van der Waals surface area contributed by atoms with Gasteiger partial charge in [-0.05, 0) is 7.05 Å². The molecule has 0 aromatic carbocycles. The second-order valence-electron chi connectivity index (χ2n) is 3.64. The molecule has 1 aromatic heterocycles. The number of aromatic nitrogens is 1. The highest BCUT2D eigenvalue weighted by atomic mass is 16.5. The first-order chi connectivity index (χ1) is 8.04. The molecule has 5 nitrogen and oxygen atoms in total. The molecule has 0 atom stereocenters. The van der Waals surface area contributed by atoms with Gasteiger partial charge in [-0.1, -0.05) is 0 Å². The van der Waals surface area contributed by atoms with E-state index >= 15 is 0 Å². The molecule has 0 aliphatic carbocycles. The molecule has 0 fully saturated rings. The van der Waals surface area contributed by atoms with E-state index < -0.39 is 0 Å². The molecular formula is C12H16N2O3. The quantitative estimate of drug-likeness (QED) is 0.591. The van der Waals surface area contributed by atoms with E-state index in [-0.39, 0.29) is 23.0 Å². The second-order valence-corrected chi connectivity index (χ2v) is 3.64. The normalized spacial score (nSPS) is 10.1. The van der Waals surface area contributed by atoms with Gasteiger partial charge >= 0.3 is 0 Å². The number of hydrogen-bond acceptors (Lipinski definition) is 5. The van der Waals surface area contributed by atoms with Crippen molar-refractivity contribution in [3.63, 3.8) is 0 Å². The van der Waals surface area contributed by atoms with Crippen molar-refractivity contribution in [3.8, 4) is 5.75 Å². The summed E-state index contributed by atoms with van der Waals surface area (Å²) in [5.41, 5.74) is 0.495. The Labute approximate surface area is 100 Å². The maximum Gasteiger partial charge on any atom is 0.178 e. The van der Waals surface area contributed by atoms with E-state index in [0.29, 0.717) is 18.9 Å². The topological polar surface area (TPSA) is 68.3 Å². The summed E-state index contributed by atoms with van der Waals surface area (Å²) in [6.45, 7) is 3.97. The van der Waals surface area contributed by atoms with Gasteiger partial charge in [0, 0.05) is 32.5 Å². The highest BCUT2D eigenvalue weighted by molar-refractivity contribution is 5.96. The lowest BCUT2D eigenvalue weighted by Gasteiger charge is -2.08. The highest BCUT2D eigenvalue weighted by Crippen LogP contribution is 2.15. The van der Waals surface area contributed by atoms with Crippen molar-refractivity contribution >= 4 is 11.6 Å². The lowest BCUT2D eigenvalue weighted by atomic mass is 10.2. The van der Waals surface area contributed by atoms with Gasteiger partial charge in [-0.15, -0.1) is 0 Å². The maximum absolute atomic E-state index is 11.3. The summed E-state index contributed by atoms with van der Waals surface area (Å²) >= 11 is 0. The van der Waals surface area contributed by atoms with Crippen molar-refractivity contribution in [3.05, 3.63) is 23.5 Å². The zero-order valence-corrected chi connectivity index (χ0v) is 10.2. The van der Waals surface area contributed by atoms with Gasteiger partial charge in [0.15, 0.2) is 11.6 Å². The number of likely N-dealkylation sites (N-methyl/N-ethyl adjacent to an activating group) is 1. The molecule has 1 N–H and O–H groups in total. The van der Waals surface area contributed by atoms with Crippen LogP contribution in [0.2, 0.25) is 0 Å². The summed E-state index contributed by atoms with van der Waals surface area (Å²) in [5.74, 6) is 0.115. The van der Waals surface area contributed by atoms with Gasteiger partial charge in [-0.3, -0.25) is 9.59 Å². The number of carbonyl (C=O) groups is 2. The summed E-state index contributed by atoms with van der Waals surface area (Å²) in [7, 11) is 1.82. The van der Waals surface area contributed by atoms with Gasteiger partial charge in [-0.2, -0.15) is 0 Å². The zero-order chi connectivity index (χ0) is 12.8. The highest BCUT2D eigenvalue weighted by Gasteiger charge is 2.10. The first kappa shape index (κ1) is 13.3. The standard InChI is InChI=1S/C12H16N2O3/c1-8(15)11-6-10(17-5-4-13-3)7-12(14-11)9(2)16/h6-7,13H,4-5H2,1-3H3. The van der Waals surface area contributed by atoms with Crippen LogP contribution in [-0.2, 0) is 0 Å². The van der Waals surface area contributed by atoms with Crippen molar-refractivity contribution < 1.29 is 14.3 Å². The van der Waals surface area contributed by atoms with E-state index in [4.69, 9.17) is 4.74 Å². The summed E-state index contributed by atoms with van der Waals surface area (Å²) < 4.78 is 5.42. The molecule has 0 radical (unpaired) electrons. The van der Waals surface area contributed by atoms with E-state index in [1.165, 1.54) is 13.8 Å². The molecule has 0 spiro atoms. The molecule has 17 heavy (non-hydrogen) atoms. The minimum absolute atomic E-state index is 0.188. The lowest BCUT2D eigenvalue weighted by molar-refractivity contribution is 0.100. The van der Waals surface area contributed by atoms with Crippen LogP contribution in [0.1, 0.15) is 34.8 Å². The fourth-order valence-corrected chi connectivity index (χ4v) is 1.22. The molecule has 5 heteroatoms. The van der Waals surface area contributed by atoms with Crippen molar-refractivity contribution in [2.45, 2.75) is 13.8 Å². The summed E-state index contributed by atoms with van der Waals surface area (Å²) in [6, 6.07) is 3.09. The first-order valence-electron chi connectivity index (χ1n) is 5.36. The van der Waals surface area contributed by atoms with E-state index in [0.717, 1.165) is 0 Å². The molecule has 0 saturated carbocycles. The van der Waals surface area contributed by atoms with Gasteiger partial charge in [0.25, 0.3) is 0 Å². The molecule has 1 rings (SSSR count). The molecule has 0 unspecified atom stereocenters. The zero-order valence-electron chi connectivity index (χ0n) is 10.2. The van der Waals surface area contributed by atoms with E-state index in [9.17, 15) is 9.59 Å². The van der Waals surface area contributed by atoms with Crippen molar-refractivity contribution in [1.82, 2.24) is 10.3 Å². The Balaban J connectivity index is 2.95. The van der Waals surface area contributed by atoms with Crippen LogP contribution in [0, 0.1) is 0 Å². The van der Waals surface area contributed by atoms with Crippen molar-refractivity contribution in [2.24, 2.45) is 0 Å². The Morgan fingerprint density at radius 2 is 1.76 bits per heavy atom. The molecule has 92 valence electrons. The van der Waals surface area contributed by atoms with Crippen LogP contribution in [-0.4, -0.2) is 36.7 Å². The molecule has 1 aromatic rings. The van der Waals surface area contributed by atoms with Crippen LogP contribution in [0.15, 0.2) is 12.1 Å². The molecule has 1 heterocycles. The van der Waals surface area contributed by atoms with Crippen LogP contribution >= 0.6 is 0 Å². The molecule has 0 aliphatic rings. The third-order valence-corrected chi connectivity index (χ3v) is 2.14. The number of ether oxygens (including phenoxy) is 1. The molecule has 0 aliphatic heterocycles. The Hall–Kier alpha value is -1.75. The predicted octanol–water partition coefficient (Wildman–Crippen LogP) is 1.08. The molecular weight excluding hydrogens is 220 g/mol. The third-order valence-electron chi connectivity index (χ3n) is 2.14. The van der Waals surface area contributed by atoms with Crippen molar-refractivity contribution in [1.29, 1.82) is 0 Å². The third kappa shape index (κ3) is 3.96. The van der Waals surface area contributed by atoms with Crippen LogP contribution in [0.5, 0.6) is 5.75 Å². The number of hydrogen-bond donors (Lipinski definition) is 1. The predicted molar refractivity (Wildman–Crippen MR) is 63.7 cm³/mol. The van der Waals surface area contributed by atoms with E-state index in [2.05, 4.69) is 10.3 Å². The SMILES string of the molecule is CNCCOc1cc(C(C)=O)nc(C(C)=O)c1. The van der Waals surface area contributed by atoms with E-state index in [1.807, 2.05) is 7.05 Å². The lowest BCUT2D eigenvalue weighted by Crippen LogP contribution is -2.16. The van der Waals surface area contributed by atoms with Crippen molar-refractivity contribution in [2.75, 3.05) is 20.2 Å². The van der Waals surface area contributed by atoms with Gasteiger partial charge in [0.2, 0.25) is 0 Å². The van der Waals surface area contributed by atoms with Gasteiger partial charge < -0.3 is 10.1 Å².